The van der Waals surface area contributed by atoms with Crippen molar-refractivity contribution in [2.45, 2.75) is 18.7 Å². The number of pyridine rings is 1. The Morgan fingerprint density at radius 3 is 2.56 bits per heavy atom. The van der Waals surface area contributed by atoms with Crippen LogP contribution in [0, 0.1) is 0 Å². The monoisotopic (exact) mass is 357 g/mol. The minimum absolute atomic E-state index is 0.110. The van der Waals surface area contributed by atoms with E-state index >= 15 is 0 Å². The molecule has 0 saturated heterocycles. The first kappa shape index (κ1) is 19.0. The second kappa shape index (κ2) is 9.84. The van der Waals surface area contributed by atoms with Gasteiger partial charge in [-0.1, -0.05) is 18.2 Å². The summed E-state index contributed by atoms with van der Waals surface area (Å²) >= 11 is 1.71. The number of hydrogen-bond donors (Lipinski definition) is 1. The third-order valence-electron chi connectivity index (χ3n) is 3.73. The zero-order chi connectivity index (χ0) is 18.1. The molecule has 5 nitrogen and oxygen atoms in total. The number of rotatable bonds is 8. The number of hydrogen-bond acceptors (Lipinski definition) is 4. The summed E-state index contributed by atoms with van der Waals surface area (Å²) in [6.07, 6.45) is 2.29. The molecule has 2 aromatic rings. The van der Waals surface area contributed by atoms with Crippen molar-refractivity contribution in [1.29, 1.82) is 0 Å². The maximum Gasteiger partial charge on any atom is 0.251 e. The topological polar surface area (TPSA) is 62.3 Å². The first-order valence-corrected chi connectivity index (χ1v) is 9.28. The molecule has 1 aromatic heterocycles. The summed E-state index contributed by atoms with van der Waals surface area (Å²) in [5.74, 6) is 1.60. The maximum atomic E-state index is 12.2. The first-order valence-electron chi connectivity index (χ1n) is 8.13. The van der Waals surface area contributed by atoms with Gasteiger partial charge in [-0.15, -0.1) is 0 Å². The van der Waals surface area contributed by atoms with E-state index in [1.807, 2.05) is 30.3 Å². The van der Waals surface area contributed by atoms with E-state index < -0.39 is 0 Å². The normalized spacial score (nSPS) is 10.3. The van der Waals surface area contributed by atoms with E-state index in [1.165, 1.54) is 0 Å². The van der Waals surface area contributed by atoms with Crippen molar-refractivity contribution in [3.63, 3.8) is 0 Å². The van der Waals surface area contributed by atoms with E-state index in [9.17, 15) is 9.59 Å². The molecule has 0 atom stereocenters. The molecule has 1 heterocycles. The molecule has 0 aliphatic carbocycles. The number of thioether (sulfide) groups is 1. The fourth-order valence-electron chi connectivity index (χ4n) is 2.28. The second-order valence-electron chi connectivity index (χ2n) is 5.65. The zero-order valence-corrected chi connectivity index (χ0v) is 15.4. The molecular weight excluding hydrogens is 334 g/mol. The van der Waals surface area contributed by atoms with Gasteiger partial charge >= 0.3 is 0 Å². The van der Waals surface area contributed by atoms with Gasteiger partial charge in [-0.05, 0) is 29.8 Å². The van der Waals surface area contributed by atoms with Crippen LogP contribution in [0.4, 0.5) is 0 Å². The van der Waals surface area contributed by atoms with Crippen molar-refractivity contribution in [2.24, 2.45) is 0 Å². The molecule has 0 aliphatic rings. The number of benzene rings is 1. The summed E-state index contributed by atoms with van der Waals surface area (Å²) < 4.78 is 0. The quantitative estimate of drug-likeness (QED) is 0.738. The van der Waals surface area contributed by atoms with E-state index in [1.54, 1.807) is 49.1 Å². The van der Waals surface area contributed by atoms with Crippen molar-refractivity contribution in [3.05, 3.63) is 65.5 Å². The van der Waals surface area contributed by atoms with Crippen LogP contribution in [0.1, 0.15) is 28.0 Å². The van der Waals surface area contributed by atoms with Gasteiger partial charge in [0.1, 0.15) is 0 Å². The van der Waals surface area contributed by atoms with Crippen molar-refractivity contribution >= 4 is 23.6 Å². The Bertz CT molecular complexity index is 690. The van der Waals surface area contributed by atoms with Crippen LogP contribution in [-0.2, 0) is 17.1 Å². The van der Waals surface area contributed by atoms with Gasteiger partial charge in [0.25, 0.3) is 5.91 Å². The minimum atomic E-state index is -0.110. The lowest BCUT2D eigenvalue weighted by molar-refractivity contribution is -0.129. The van der Waals surface area contributed by atoms with Crippen LogP contribution in [0.2, 0.25) is 0 Å². The van der Waals surface area contributed by atoms with E-state index in [0.29, 0.717) is 18.5 Å². The number of carbonyl (C=O) groups excluding carboxylic acids is 2. The lowest BCUT2D eigenvalue weighted by Gasteiger charge is -2.17. The Labute approximate surface area is 152 Å². The van der Waals surface area contributed by atoms with Crippen LogP contribution in [0.3, 0.4) is 0 Å². The van der Waals surface area contributed by atoms with Gasteiger partial charge in [0.15, 0.2) is 0 Å². The highest BCUT2D eigenvalue weighted by atomic mass is 32.2. The summed E-state index contributed by atoms with van der Waals surface area (Å²) in [6, 6.07) is 13.2. The zero-order valence-electron chi connectivity index (χ0n) is 14.6. The average molecular weight is 357 g/mol. The van der Waals surface area contributed by atoms with Crippen molar-refractivity contribution in [1.82, 2.24) is 15.2 Å². The van der Waals surface area contributed by atoms with Gasteiger partial charge in [0.05, 0.1) is 5.69 Å². The smallest absolute Gasteiger partial charge is 0.251 e. The van der Waals surface area contributed by atoms with Gasteiger partial charge < -0.3 is 10.2 Å². The van der Waals surface area contributed by atoms with Crippen LogP contribution in [-0.4, -0.2) is 41.5 Å². The van der Waals surface area contributed by atoms with Crippen molar-refractivity contribution in [3.8, 4) is 0 Å². The highest BCUT2D eigenvalue weighted by Gasteiger charge is 2.10. The van der Waals surface area contributed by atoms with Gasteiger partial charge in [-0.2, -0.15) is 11.8 Å². The molecule has 0 spiro atoms. The minimum Gasteiger partial charge on any atom is -0.355 e. The molecule has 1 aromatic carbocycles. The predicted octanol–water partition coefficient (Wildman–Crippen LogP) is 2.72. The van der Waals surface area contributed by atoms with Crippen LogP contribution >= 0.6 is 11.8 Å². The van der Waals surface area contributed by atoms with E-state index in [-0.39, 0.29) is 11.8 Å². The Kier molecular flexibility index (Phi) is 7.47. The largest absolute Gasteiger partial charge is 0.355 e. The highest BCUT2D eigenvalue weighted by molar-refractivity contribution is 7.98. The lowest BCUT2D eigenvalue weighted by Crippen LogP contribution is -2.26. The molecule has 2 rings (SSSR count). The molecular formula is C19H23N3O2S. The van der Waals surface area contributed by atoms with E-state index in [0.717, 1.165) is 22.8 Å². The van der Waals surface area contributed by atoms with Crippen LogP contribution in [0.25, 0.3) is 0 Å². The number of amides is 2. The molecule has 0 bridgehead atoms. The van der Waals surface area contributed by atoms with Gasteiger partial charge in [0.2, 0.25) is 5.91 Å². The maximum absolute atomic E-state index is 12.2. The number of aromatic nitrogens is 1. The number of nitrogens with zero attached hydrogens (tertiary/aromatic N) is 2. The second-order valence-corrected chi connectivity index (χ2v) is 6.75. The predicted molar refractivity (Wildman–Crippen MR) is 101 cm³/mol. The molecule has 1 N–H and O–H groups in total. The molecule has 2 amide bonds. The van der Waals surface area contributed by atoms with E-state index in [2.05, 4.69) is 10.3 Å². The van der Waals surface area contributed by atoms with Crippen LogP contribution in [0.5, 0.6) is 0 Å². The first-order chi connectivity index (χ1) is 12.1. The molecule has 0 fully saturated rings. The fraction of sp³-hybridized carbons (Fsp3) is 0.316. The molecule has 0 aliphatic heterocycles. The number of nitrogens with one attached hydrogen (secondary N) is 1. The van der Waals surface area contributed by atoms with E-state index in [4.69, 9.17) is 0 Å². The molecule has 0 saturated carbocycles. The fourth-order valence-corrected chi connectivity index (χ4v) is 3.12. The Balaban J connectivity index is 1.73. The summed E-state index contributed by atoms with van der Waals surface area (Å²) in [7, 11) is 3.41. The SMILES string of the molecule is CNC(=O)c1ccc(CN(C)C(=O)CCSCc2ccccn2)cc1. The Morgan fingerprint density at radius 2 is 1.92 bits per heavy atom. The third kappa shape index (κ3) is 6.23. The summed E-state index contributed by atoms with van der Waals surface area (Å²) in [5.41, 5.74) is 2.65. The lowest BCUT2D eigenvalue weighted by atomic mass is 10.1. The average Bonchev–Trinajstić information content (AvgIpc) is 2.65. The van der Waals surface area contributed by atoms with Crippen LogP contribution < -0.4 is 5.32 Å². The summed E-state index contributed by atoms with van der Waals surface area (Å²) in [4.78, 5) is 29.7. The molecule has 132 valence electrons. The summed E-state index contributed by atoms with van der Waals surface area (Å²) in [5, 5.41) is 2.59. The third-order valence-corrected chi connectivity index (χ3v) is 4.72. The molecule has 0 radical (unpaired) electrons. The van der Waals surface area contributed by atoms with Gasteiger partial charge in [-0.25, -0.2) is 0 Å². The Hall–Kier alpha value is -2.34. The standard InChI is InChI=1S/C19H23N3O2S/c1-20-19(24)16-8-6-15(7-9-16)13-22(2)18(23)10-12-25-14-17-5-3-4-11-21-17/h3-9,11H,10,12-14H2,1-2H3,(H,20,24). The number of carbonyl (C=O) groups is 2. The van der Waals surface area contributed by atoms with Gasteiger partial charge in [0, 0.05) is 50.3 Å². The summed E-state index contributed by atoms with van der Waals surface area (Å²) in [6.45, 7) is 0.539. The molecule has 0 unspecified atom stereocenters. The molecule has 25 heavy (non-hydrogen) atoms. The van der Waals surface area contributed by atoms with Crippen molar-refractivity contribution in [2.75, 3.05) is 19.8 Å². The highest BCUT2D eigenvalue weighted by Crippen LogP contribution is 2.12. The Morgan fingerprint density at radius 1 is 1.16 bits per heavy atom. The van der Waals surface area contributed by atoms with Crippen molar-refractivity contribution < 1.29 is 9.59 Å². The van der Waals surface area contributed by atoms with Crippen LogP contribution in [0.15, 0.2) is 48.7 Å². The molecule has 6 heteroatoms. The van der Waals surface area contributed by atoms with Gasteiger partial charge in [-0.3, -0.25) is 14.6 Å².